The second-order valence-corrected chi connectivity index (χ2v) is 16.7. The molecule has 62 heavy (non-hydrogen) atoms. The number of esters is 3. The van der Waals surface area contributed by atoms with E-state index in [1.165, 1.54) is 46.8 Å². The third-order valence-electron chi connectivity index (χ3n) is 12.9. The molecule has 0 radical (unpaired) electrons. The quantitative estimate of drug-likeness (QED) is 0.111. The Morgan fingerprint density at radius 1 is 0.903 bits per heavy atom. The molecule has 1 fully saturated rings. The Balaban J connectivity index is 1.45. The zero-order chi connectivity index (χ0) is 45.2. The summed E-state index contributed by atoms with van der Waals surface area (Å²) in [4.78, 5) is 69.3. The predicted molar refractivity (Wildman–Crippen MR) is 221 cm³/mol. The number of nitrogens with one attached hydrogen (secondary N) is 1. The smallest absolute Gasteiger partial charge is 0.408 e. The first kappa shape index (κ1) is 45.7. The van der Waals surface area contributed by atoms with Gasteiger partial charge in [-0.05, 0) is 55.2 Å². The number of ether oxygens (including phenoxy) is 5. The summed E-state index contributed by atoms with van der Waals surface area (Å²) in [6.07, 6.45) is -8.07. The van der Waals surface area contributed by atoms with Crippen molar-refractivity contribution in [3.05, 3.63) is 130 Å². The number of benzene rings is 3. The van der Waals surface area contributed by atoms with Crippen LogP contribution in [0.1, 0.15) is 81.9 Å². The zero-order valence-corrected chi connectivity index (χ0v) is 35.5. The average Bonchev–Trinajstić information content (AvgIpc) is 3.25. The number of Topliss-reactive ketones (excluding diaryl/α,β-unsaturated/α-hetero) is 1. The normalized spacial score (nSPS) is 28.9. The summed E-state index contributed by atoms with van der Waals surface area (Å²) in [5.41, 5.74) is -7.02. The lowest BCUT2D eigenvalue weighted by Gasteiger charge is -2.64. The Bertz CT molecular complexity index is 2240. The standard InChI is InChI=1S/C47H53NO14/c1-27-33(60-41(55)39(53)36(31-18-12-8-13-19-31)48-43(56)58-25-30-16-10-7-11-17-30)24-46(57)42(61-40(54)32-20-14-9-15-21-32)45(6,28(2)37(51)38(52)35(27)44(46,4)5)47(62-29(3)50)26-59-34(47)22-23-49/h7-21,33-34,36,39,42,49,51,53,57H,22-26H2,1-6H3,(H,48,56)/b37-28+/t33-,34+,36-,39+,42-,45+,46+,47-/m0/s1. The van der Waals surface area contributed by atoms with E-state index in [0.29, 0.717) is 11.1 Å². The first-order valence-corrected chi connectivity index (χ1v) is 20.3. The summed E-state index contributed by atoms with van der Waals surface area (Å²) in [5.74, 6) is -4.75. The molecule has 2 aliphatic carbocycles. The second kappa shape index (κ2) is 17.8. The van der Waals surface area contributed by atoms with Crippen LogP contribution in [0.15, 0.2) is 113 Å². The molecule has 15 heteroatoms. The number of hydrogen-bond acceptors (Lipinski definition) is 14. The molecule has 3 aliphatic rings. The van der Waals surface area contributed by atoms with Crippen LogP contribution in [0.25, 0.3) is 0 Å². The number of amides is 1. The second-order valence-electron chi connectivity index (χ2n) is 16.7. The maximum Gasteiger partial charge on any atom is 0.408 e. The first-order valence-electron chi connectivity index (χ1n) is 20.3. The fourth-order valence-electron chi connectivity index (χ4n) is 9.27. The van der Waals surface area contributed by atoms with Crippen molar-refractivity contribution in [3.8, 4) is 0 Å². The molecule has 1 aliphatic heterocycles. The van der Waals surface area contributed by atoms with Gasteiger partial charge in [-0.1, -0.05) is 92.7 Å². The van der Waals surface area contributed by atoms with E-state index in [0.717, 1.165) is 6.92 Å². The summed E-state index contributed by atoms with van der Waals surface area (Å²) in [6.45, 7) is 7.66. The van der Waals surface area contributed by atoms with Crippen molar-refractivity contribution in [2.45, 2.75) is 103 Å². The van der Waals surface area contributed by atoms with Crippen LogP contribution >= 0.6 is 0 Å². The van der Waals surface area contributed by atoms with E-state index in [9.17, 15) is 44.4 Å². The molecule has 3 aromatic rings. The number of fused-ring (bicyclic) bond motifs is 2. The number of ketones is 1. The molecule has 1 saturated heterocycles. The maximum absolute atomic E-state index is 14.7. The number of allylic oxidation sites excluding steroid dienone is 1. The predicted octanol–water partition coefficient (Wildman–Crippen LogP) is 5.13. The van der Waals surface area contributed by atoms with Crippen LogP contribution in [0.5, 0.6) is 0 Å². The number of carbonyl (C=O) groups excluding carboxylic acids is 5. The average molecular weight is 856 g/mol. The van der Waals surface area contributed by atoms with Gasteiger partial charge in [0, 0.05) is 37.4 Å². The van der Waals surface area contributed by atoms with E-state index in [-0.39, 0.29) is 41.9 Å². The van der Waals surface area contributed by atoms with E-state index in [4.69, 9.17) is 23.7 Å². The minimum atomic E-state index is -2.40. The monoisotopic (exact) mass is 855 g/mol. The molecule has 1 heterocycles. The molecule has 0 unspecified atom stereocenters. The molecule has 5 N–H and O–H groups in total. The van der Waals surface area contributed by atoms with Crippen molar-refractivity contribution >= 4 is 29.8 Å². The summed E-state index contributed by atoms with van der Waals surface area (Å²) in [7, 11) is 0. The highest BCUT2D eigenvalue weighted by molar-refractivity contribution is 6.09. The Kier molecular flexibility index (Phi) is 13.1. The SMILES string of the molecule is CC(=O)O[C@@]1([C@]2(C)/C(C)=C(/O)C(=O)C3=C(C)[C@@H](OC(=O)[C@H](O)[C@@H](NC(=O)OCc4ccccc4)c4ccccc4)C[C@@](O)([C@H]2OC(=O)c2ccccc2)C3(C)C)CO[C@@H]1CCO. The van der Waals surface area contributed by atoms with Crippen LogP contribution in [0, 0.1) is 10.8 Å². The Morgan fingerprint density at radius 2 is 1.50 bits per heavy atom. The van der Waals surface area contributed by atoms with Gasteiger partial charge in [0.1, 0.15) is 30.5 Å². The van der Waals surface area contributed by atoms with E-state index in [2.05, 4.69) is 5.32 Å². The molecule has 1 amide bonds. The Hall–Kier alpha value is -5.87. The highest BCUT2D eigenvalue weighted by Crippen LogP contribution is 2.63. The third-order valence-corrected chi connectivity index (χ3v) is 12.9. The van der Waals surface area contributed by atoms with Crippen LogP contribution in [-0.4, -0.2) is 99.0 Å². The summed E-state index contributed by atoms with van der Waals surface area (Å²) >= 11 is 0. The fourth-order valence-corrected chi connectivity index (χ4v) is 9.27. The first-order chi connectivity index (χ1) is 29.3. The maximum atomic E-state index is 14.7. The van der Waals surface area contributed by atoms with Gasteiger partial charge in [-0.15, -0.1) is 0 Å². The van der Waals surface area contributed by atoms with Gasteiger partial charge >= 0.3 is 24.0 Å². The van der Waals surface area contributed by atoms with Crippen LogP contribution in [0.3, 0.4) is 0 Å². The lowest BCUT2D eigenvalue weighted by atomic mass is 9.48. The van der Waals surface area contributed by atoms with Gasteiger partial charge in [0.2, 0.25) is 5.78 Å². The summed E-state index contributed by atoms with van der Waals surface area (Å²) in [6, 6.07) is 23.5. The summed E-state index contributed by atoms with van der Waals surface area (Å²) < 4.78 is 29.7. The third kappa shape index (κ3) is 8.01. The van der Waals surface area contributed by atoms with Gasteiger partial charge in [-0.2, -0.15) is 0 Å². The minimum absolute atomic E-state index is 0.0779. The van der Waals surface area contributed by atoms with Crippen LogP contribution in [0.4, 0.5) is 4.79 Å². The summed E-state index contributed by atoms with van der Waals surface area (Å²) in [5, 5.41) is 49.9. The number of rotatable bonds is 13. The minimum Gasteiger partial charge on any atom is -0.504 e. The van der Waals surface area contributed by atoms with Gasteiger partial charge < -0.3 is 49.4 Å². The number of hydrogen-bond donors (Lipinski definition) is 5. The van der Waals surface area contributed by atoms with Crippen molar-refractivity contribution < 1.29 is 68.1 Å². The molecular weight excluding hydrogens is 803 g/mol. The number of aliphatic hydroxyl groups excluding tert-OH is 3. The molecular formula is C47H53NO14. The van der Waals surface area contributed by atoms with Crippen molar-refractivity contribution in [1.29, 1.82) is 0 Å². The van der Waals surface area contributed by atoms with Gasteiger partial charge in [-0.25, -0.2) is 14.4 Å². The van der Waals surface area contributed by atoms with Crippen LogP contribution in [0.2, 0.25) is 0 Å². The van der Waals surface area contributed by atoms with E-state index in [1.807, 2.05) is 0 Å². The highest BCUT2D eigenvalue weighted by atomic mass is 16.6. The van der Waals surface area contributed by atoms with Gasteiger partial charge in [0.15, 0.2) is 17.5 Å². The lowest BCUT2D eigenvalue weighted by molar-refractivity contribution is -0.321. The Labute approximate surface area is 359 Å². The van der Waals surface area contributed by atoms with Gasteiger partial charge in [0.25, 0.3) is 0 Å². The molecule has 3 aromatic carbocycles. The van der Waals surface area contributed by atoms with E-state index >= 15 is 0 Å². The van der Waals surface area contributed by atoms with Crippen molar-refractivity contribution in [3.63, 3.8) is 0 Å². The van der Waals surface area contributed by atoms with Gasteiger partial charge in [0.05, 0.1) is 23.6 Å². The molecule has 15 nitrogen and oxygen atoms in total. The molecule has 0 saturated carbocycles. The molecule has 0 aromatic heterocycles. The molecule has 2 bridgehead atoms. The lowest BCUT2D eigenvalue weighted by Crippen LogP contribution is -2.78. The fraction of sp³-hybridized carbons (Fsp3) is 0.426. The van der Waals surface area contributed by atoms with Gasteiger partial charge in [-0.3, -0.25) is 9.59 Å². The number of carbonyl (C=O) groups is 5. The van der Waals surface area contributed by atoms with Crippen LogP contribution < -0.4 is 5.32 Å². The number of aliphatic hydroxyl groups is 4. The topological polar surface area (TPSA) is 224 Å². The zero-order valence-electron chi connectivity index (χ0n) is 35.5. The molecule has 0 spiro atoms. The molecule has 8 atom stereocenters. The molecule has 330 valence electrons. The van der Waals surface area contributed by atoms with E-state index in [1.54, 1.807) is 78.9 Å². The van der Waals surface area contributed by atoms with Crippen molar-refractivity contribution in [2.75, 3.05) is 13.2 Å². The number of alkyl carbamates (subject to hydrolysis) is 1. The Morgan fingerprint density at radius 3 is 2.06 bits per heavy atom. The van der Waals surface area contributed by atoms with Crippen molar-refractivity contribution in [2.24, 2.45) is 10.8 Å². The largest absolute Gasteiger partial charge is 0.504 e. The van der Waals surface area contributed by atoms with E-state index < -0.39 is 101 Å². The molecule has 6 rings (SSSR count). The van der Waals surface area contributed by atoms with Crippen molar-refractivity contribution in [1.82, 2.24) is 5.32 Å². The highest BCUT2D eigenvalue weighted by Gasteiger charge is 2.75. The van der Waals surface area contributed by atoms with Crippen LogP contribution in [-0.2, 0) is 44.7 Å².